The van der Waals surface area contributed by atoms with Crippen LogP contribution in [0.1, 0.15) is 27.2 Å². The highest BCUT2D eigenvalue weighted by molar-refractivity contribution is 5.26. The van der Waals surface area contributed by atoms with Crippen LogP contribution < -0.4 is 0 Å². The molecule has 14 heavy (non-hydrogen) atoms. The molecule has 0 spiro atoms. The molecular weight excluding hydrogens is 172 g/mol. The summed E-state index contributed by atoms with van der Waals surface area (Å²) in [6, 6.07) is 0. The van der Waals surface area contributed by atoms with E-state index in [-0.39, 0.29) is 10.8 Å². The van der Waals surface area contributed by atoms with Crippen LogP contribution in [0, 0.1) is 35.0 Å². The summed E-state index contributed by atoms with van der Waals surface area (Å²) < 4.78 is 0. The smallest absolute Gasteiger partial charge is 0.120 e. The van der Waals surface area contributed by atoms with Crippen LogP contribution in [0.25, 0.3) is 0 Å². The van der Waals surface area contributed by atoms with Crippen LogP contribution in [-0.2, 0) is 0 Å². The lowest BCUT2D eigenvalue weighted by molar-refractivity contribution is -0.0274. The fourth-order valence-electron chi connectivity index (χ4n) is 3.28. The lowest BCUT2D eigenvalue weighted by atomic mass is 9.58. The molecule has 1 fully saturated rings. The average molecular weight is 190 g/mol. The first kappa shape index (κ1) is 9.80. The van der Waals surface area contributed by atoms with Gasteiger partial charge in [-0.25, -0.2) is 0 Å². The molecular formula is C13H18O. The van der Waals surface area contributed by atoms with Crippen LogP contribution in [0.2, 0.25) is 0 Å². The Kier molecular flexibility index (Phi) is 1.85. The Morgan fingerprint density at radius 1 is 1.36 bits per heavy atom. The third-order valence-electron chi connectivity index (χ3n) is 4.90. The van der Waals surface area contributed by atoms with Crippen LogP contribution in [0.5, 0.6) is 0 Å². The first-order chi connectivity index (χ1) is 6.44. The molecule has 1 N–H and O–H groups in total. The van der Waals surface area contributed by atoms with Crippen LogP contribution in [0.3, 0.4) is 0 Å². The molecule has 0 aliphatic heterocycles. The van der Waals surface area contributed by atoms with Gasteiger partial charge in [0, 0.05) is 5.41 Å². The highest BCUT2D eigenvalue weighted by atomic mass is 16.3. The van der Waals surface area contributed by atoms with E-state index < -0.39 is 6.10 Å². The molecule has 1 nitrogen and oxygen atoms in total. The zero-order valence-electron chi connectivity index (χ0n) is 9.12. The van der Waals surface area contributed by atoms with Crippen molar-refractivity contribution < 1.29 is 5.11 Å². The Labute approximate surface area is 86.2 Å². The van der Waals surface area contributed by atoms with Crippen LogP contribution in [0.15, 0.2) is 12.2 Å². The minimum absolute atomic E-state index is 0.109. The van der Waals surface area contributed by atoms with Crippen LogP contribution >= 0.6 is 0 Å². The van der Waals surface area contributed by atoms with E-state index in [1.807, 2.05) is 0 Å². The number of allylic oxidation sites excluding steroid dienone is 2. The van der Waals surface area contributed by atoms with Crippen molar-refractivity contribution in [3.63, 3.8) is 0 Å². The number of hydrogen-bond donors (Lipinski definition) is 1. The summed E-state index contributed by atoms with van der Waals surface area (Å²) in [5, 5.41) is 10.0. The van der Waals surface area contributed by atoms with Gasteiger partial charge in [0.05, 0.1) is 0 Å². The third-order valence-corrected chi connectivity index (χ3v) is 4.90. The van der Waals surface area contributed by atoms with E-state index in [1.54, 1.807) is 0 Å². The summed E-state index contributed by atoms with van der Waals surface area (Å²) in [5.74, 6) is 3.55. The van der Waals surface area contributed by atoms with E-state index in [2.05, 4.69) is 38.8 Å². The molecule has 1 unspecified atom stereocenters. The quantitative estimate of drug-likeness (QED) is 0.496. The maximum Gasteiger partial charge on any atom is 0.120 e. The normalized spacial score (nSPS) is 45.1. The second-order valence-corrected chi connectivity index (χ2v) is 5.41. The summed E-state index contributed by atoms with van der Waals surface area (Å²) in [4.78, 5) is 0. The zero-order valence-corrected chi connectivity index (χ0v) is 9.12. The minimum Gasteiger partial charge on any atom is -0.380 e. The molecule has 0 amide bonds. The summed E-state index contributed by atoms with van der Waals surface area (Å²) in [6.45, 7) is 6.58. The van der Waals surface area contributed by atoms with Gasteiger partial charge in [-0.2, -0.15) is 0 Å². The molecule has 0 heterocycles. The third kappa shape index (κ3) is 0.854. The topological polar surface area (TPSA) is 20.2 Å². The van der Waals surface area contributed by atoms with Gasteiger partial charge in [-0.15, -0.1) is 6.42 Å². The first-order valence-electron chi connectivity index (χ1n) is 5.27. The van der Waals surface area contributed by atoms with Crippen molar-refractivity contribution in [1.82, 2.24) is 0 Å². The van der Waals surface area contributed by atoms with Gasteiger partial charge in [-0.05, 0) is 23.7 Å². The van der Waals surface area contributed by atoms with Gasteiger partial charge in [0.1, 0.15) is 6.10 Å². The Morgan fingerprint density at radius 2 is 1.93 bits per heavy atom. The Bertz CT molecular complexity index is 321. The molecule has 0 aromatic rings. The van der Waals surface area contributed by atoms with Gasteiger partial charge in [0.25, 0.3) is 0 Å². The van der Waals surface area contributed by atoms with Gasteiger partial charge < -0.3 is 5.11 Å². The minimum atomic E-state index is -0.627. The molecule has 2 aliphatic rings. The standard InChI is InChI=1S/C13H18O/c1-5-11(14)13(4)10-7-6-9(8-10)12(13,2)3/h1,6-7,9-11,14H,8H2,2-4H3/t9-,10+,11?,13+/m1/s1. The van der Waals surface area contributed by atoms with Gasteiger partial charge >= 0.3 is 0 Å². The monoisotopic (exact) mass is 190 g/mol. The van der Waals surface area contributed by atoms with Gasteiger partial charge in [0.2, 0.25) is 0 Å². The SMILES string of the molecule is C#CC(O)[C@]1(C)[C@H]2C=C[C@H](C2)C1(C)C. The van der Waals surface area contributed by atoms with E-state index in [4.69, 9.17) is 6.42 Å². The number of aliphatic hydroxyl groups is 1. The van der Waals surface area contributed by atoms with Crippen LogP contribution in [0.4, 0.5) is 0 Å². The fraction of sp³-hybridized carbons (Fsp3) is 0.692. The lowest BCUT2D eigenvalue weighted by Gasteiger charge is -2.47. The van der Waals surface area contributed by atoms with Crippen molar-refractivity contribution in [2.75, 3.05) is 0 Å². The van der Waals surface area contributed by atoms with Crippen molar-refractivity contribution in [1.29, 1.82) is 0 Å². The zero-order chi connectivity index (χ0) is 10.6. The van der Waals surface area contributed by atoms with Crippen molar-refractivity contribution in [3.05, 3.63) is 12.2 Å². The molecule has 2 rings (SSSR count). The second-order valence-electron chi connectivity index (χ2n) is 5.41. The molecule has 0 aromatic carbocycles. The second kappa shape index (κ2) is 2.64. The summed E-state index contributed by atoms with van der Waals surface area (Å²) >= 11 is 0. The van der Waals surface area contributed by atoms with E-state index >= 15 is 0 Å². The molecule has 4 atom stereocenters. The average Bonchev–Trinajstić information content (AvgIpc) is 2.68. The van der Waals surface area contributed by atoms with Crippen molar-refractivity contribution in [2.45, 2.75) is 33.3 Å². The van der Waals surface area contributed by atoms with Crippen LogP contribution in [-0.4, -0.2) is 11.2 Å². The summed E-state index contributed by atoms with van der Waals surface area (Å²) in [6.07, 6.45) is 10.4. The van der Waals surface area contributed by atoms with Gasteiger partial charge in [0.15, 0.2) is 0 Å². The largest absolute Gasteiger partial charge is 0.380 e. The number of terminal acetylenes is 1. The van der Waals surface area contributed by atoms with E-state index in [9.17, 15) is 5.11 Å². The van der Waals surface area contributed by atoms with Crippen molar-refractivity contribution in [3.8, 4) is 12.3 Å². The molecule has 2 aliphatic carbocycles. The maximum absolute atomic E-state index is 10.0. The molecule has 2 bridgehead atoms. The number of fused-ring (bicyclic) bond motifs is 2. The number of rotatable bonds is 1. The lowest BCUT2D eigenvalue weighted by Crippen LogP contribution is -2.47. The highest BCUT2D eigenvalue weighted by Crippen LogP contribution is 2.64. The number of aliphatic hydroxyl groups excluding tert-OH is 1. The molecule has 76 valence electrons. The Hall–Kier alpha value is -0.740. The van der Waals surface area contributed by atoms with Crippen molar-refractivity contribution in [2.24, 2.45) is 22.7 Å². The highest BCUT2D eigenvalue weighted by Gasteiger charge is 2.60. The Morgan fingerprint density at radius 3 is 2.36 bits per heavy atom. The maximum atomic E-state index is 10.0. The summed E-state index contributed by atoms with van der Waals surface area (Å²) in [7, 11) is 0. The van der Waals surface area contributed by atoms with E-state index in [1.165, 1.54) is 0 Å². The van der Waals surface area contributed by atoms with E-state index in [0.29, 0.717) is 11.8 Å². The fourth-order valence-corrected chi connectivity index (χ4v) is 3.28. The molecule has 0 saturated heterocycles. The van der Waals surface area contributed by atoms with Gasteiger partial charge in [-0.1, -0.05) is 38.8 Å². The first-order valence-corrected chi connectivity index (χ1v) is 5.27. The molecule has 1 saturated carbocycles. The predicted molar refractivity (Wildman–Crippen MR) is 57.5 cm³/mol. The van der Waals surface area contributed by atoms with Crippen molar-refractivity contribution >= 4 is 0 Å². The molecule has 0 radical (unpaired) electrons. The predicted octanol–water partition coefficient (Wildman–Crippen LogP) is 2.22. The number of hydrogen-bond acceptors (Lipinski definition) is 1. The summed E-state index contributed by atoms with van der Waals surface area (Å²) in [5.41, 5.74) is -0.0423. The molecule has 1 heteroatoms. The Balaban J connectivity index is 2.46. The molecule has 0 aromatic heterocycles. The van der Waals surface area contributed by atoms with E-state index in [0.717, 1.165) is 6.42 Å². The van der Waals surface area contributed by atoms with Gasteiger partial charge in [-0.3, -0.25) is 0 Å².